The zero-order chi connectivity index (χ0) is 12.3. The third-order valence-corrected chi connectivity index (χ3v) is 3.80. The number of aryl methyl sites for hydroxylation is 2. The first-order valence-corrected chi connectivity index (χ1v) is 6.57. The Balaban J connectivity index is 1.88. The van der Waals surface area contributed by atoms with E-state index in [0.717, 1.165) is 30.4 Å². The van der Waals surface area contributed by atoms with Crippen molar-refractivity contribution in [3.05, 3.63) is 17.3 Å². The summed E-state index contributed by atoms with van der Waals surface area (Å²) in [5.74, 6) is 2.32. The third kappa shape index (κ3) is 3.07. The van der Waals surface area contributed by atoms with Crippen LogP contribution in [0.1, 0.15) is 43.0 Å². The maximum Gasteiger partial charge on any atom is 0.208 e. The van der Waals surface area contributed by atoms with Crippen molar-refractivity contribution in [3.63, 3.8) is 0 Å². The maximum absolute atomic E-state index is 5.81. The smallest absolute Gasteiger partial charge is 0.208 e. The van der Waals surface area contributed by atoms with Gasteiger partial charge in [0.2, 0.25) is 5.89 Å². The quantitative estimate of drug-likeness (QED) is 0.839. The Bertz CT molecular complexity index is 342. The summed E-state index contributed by atoms with van der Waals surface area (Å²) in [5.41, 5.74) is 6.80. The summed E-state index contributed by atoms with van der Waals surface area (Å²) in [5, 5.41) is 3.54. The number of nitrogens with zero attached hydrogens (tertiary/aromatic N) is 1. The van der Waals surface area contributed by atoms with Crippen LogP contribution in [0, 0.1) is 19.8 Å². The molecule has 1 aromatic heterocycles. The Morgan fingerprint density at radius 1 is 1.35 bits per heavy atom. The lowest BCUT2D eigenvalue weighted by Gasteiger charge is -2.31. The fourth-order valence-electron chi connectivity index (χ4n) is 2.59. The van der Waals surface area contributed by atoms with Crippen molar-refractivity contribution in [2.75, 3.05) is 6.54 Å². The molecule has 2 atom stereocenters. The first-order valence-electron chi connectivity index (χ1n) is 6.57. The molecule has 1 fully saturated rings. The van der Waals surface area contributed by atoms with E-state index in [-0.39, 0.29) is 0 Å². The molecular formula is C13H23N3O. The van der Waals surface area contributed by atoms with Gasteiger partial charge in [-0.3, -0.25) is 0 Å². The zero-order valence-corrected chi connectivity index (χ0v) is 10.8. The van der Waals surface area contributed by atoms with Gasteiger partial charge in [-0.1, -0.05) is 12.8 Å². The minimum Gasteiger partial charge on any atom is -0.444 e. The van der Waals surface area contributed by atoms with E-state index in [1.807, 2.05) is 13.8 Å². The van der Waals surface area contributed by atoms with Gasteiger partial charge >= 0.3 is 0 Å². The number of hydrogen-bond donors (Lipinski definition) is 2. The van der Waals surface area contributed by atoms with Crippen molar-refractivity contribution >= 4 is 0 Å². The van der Waals surface area contributed by atoms with Crippen LogP contribution in [-0.2, 0) is 6.54 Å². The average molecular weight is 237 g/mol. The topological polar surface area (TPSA) is 64.1 Å². The minimum atomic E-state index is 0.529. The van der Waals surface area contributed by atoms with Crippen LogP contribution in [0.4, 0.5) is 0 Å². The van der Waals surface area contributed by atoms with Crippen LogP contribution in [0.3, 0.4) is 0 Å². The molecule has 0 bridgehead atoms. The molecule has 17 heavy (non-hydrogen) atoms. The Morgan fingerprint density at radius 3 is 2.76 bits per heavy atom. The molecule has 3 N–H and O–H groups in total. The molecule has 0 radical (unpaired) electrons. The highest BCUT2D eigenvalue weighted by molar-refractivity contribution is 5.05. The van der Waals surface area contributed by atoms with Crippen LogP contribution >= 0.6 is 0 Å². The van der Waals surface area contributed by atoms with Gasteiger partial charge in [0.05, 0.1) is 12.2 Å². The summed E-state index contributed by atoms with van der Waals surface area (Å²) in [4.78, 5) is 4.39. The molecule has 1 heterocycles. The molecule has 4 heteroatoms. The summed E-state index contributed by atoms with van der Waals surface area (Å²) in [7, 11) is 0. The van der Waals surface area contributed by atoms with E-state index in [0.29, 0.717) is 12.0 Å². The average Bonchev–Trinajstić information content (AvgIpc) is 2.66. The SMILES string of the molecule is Cc1nc(CNC2CCCCC2CN)oc1C. The van der Waals surface area contributed by atoms with Crippen molar-refractivity contribution in [2.45, 2.75) is 52.1 Å². The van der Waals surface area contributed by atoms with Crippen LogP contribution < -0.4 is 11.1 Å². The normalized spacial score (nSPS) is 25.1. The lowest BCUT2D eigenvalue weighted by Crippen LogP contribution is -2.41. The monoisotopic (exact) mass is 237 g/mol. The second-order valence-corrected chi connectivity index (χ2v) is 5.02. The van der Waals surface area contributed by atoms with Gasteiger partial charge in [0, 0.05) is 6.04 Å². The maximum atomic E-state index is 5.81. The van der Waals surface area contributed by atoms with E-state index < -0.39 is 0 Å². The van der Waals surface area contributed by atoms with Crippen molar-refractivity contribution in [3.8, 4) is 0 Å². The van der Waals surface area contributed by atoms with Gasteiger partial charge in [0.25, 0.3) is 0 Å². The minimum absolute atomic E-state index is 0.529. The van der Waals surface area contributed by atoms with Crippen molar-refractivity contribution in [1.82, 2.24) is 10.3 Å². The fraction of sp³-hybridized carbons (Fsp3) is 0.769. The summed E-state index contributed by atoms with van der Waals surface area (Å²) < 4.78 is 5.57. The Labute approximate surface area is 103 Å². The number of oxazole rings is 1. The second-order valence-electron chi connectivity index (χ2n) is 5.02. The third-order valence-electron chi connectivity index (χ3n) is 3.80. The fourth-order valence-corrected chi connectivity index (χ4v) is 2.59. The molecule has 0 aromatic carbocycles. The number of hydrogen-bond acceptors (Lipinski definition) is 4. The van der Waals surface area contributed by atoms with Crippen LogP contribution in [0.5, 0.6) is 0 Å². The van der Waals surface area contributed by atoms with Crippen LogP contribution in [-0.4, -0.2) is 17.6 Å². The summed E-state index contributed by atoms with van der Waals surface area (Å²) in [6.45, 7) is 5.43. The molecule has 4 nitrogen and oxygen atoms in total. The summed E-state index contributed by atoms with van der Waals surface area (Å²) in [6, 6.07) is 0.529. The number of rotatable bonds is 4. The van der Waals surface area contributed by atoms with Crippen molar-refractivity contribution in [1.29, 1.82) is 0 Å². The van der Waals surface area contributed by atoms with Gasteiger partial charge in [-0.05, 0) is 39.2 Å². The van der Waals surface area contributed by atoms with Gasteiger partial charge in [0.1, 0.15) is 5.76 Å². The Morgan fingerprint density at radius 2 is 2.12 bits per heavy atom. The van der Waals surface area contributed by atoms with E-state index in [1.165, 1.54) is 25.7 Å². The molecular weight excluding hydrogens is 214 g/mol. The molecule has 1 aromatic rings. The molecule has 96 valence electrons. The Hall–Kier alpha value is -0.870. The molecule has 2 unspecified atom stereocenters. The predicted molar refractivity (Wildman–Crippen MR) is 67.6 cm³/mol. The number of aromatic nitrogens is 1. The second kappa shape index (κ2) is 5.65. The van der Waals surface area contributed by atoms with Crippen LogP contribution in [0.25, 0.3) is 0 Å². The molecule has 1 saturated carbocycles. The summed E-state index contributed by atoms with van der Waals surface area (Å²) >= 11 is 0. The number of nitrogens with one attached hydrogen (secondary N) is 1. The number of nitrogens with two attached hydrogens (primary N) is 1. The van der Waals surface area contributed by atoms with E-state index >= 15 is 0 Å². The lowest BCUT2D eigenvalue weighted by molar-refractivity contribution is 0.259. The molecule has 2 rings (SSSR count). The Kier molecular flexibility index (Phi) is 4.18. The van der Waals surface area contributed by atoms with Crippen LogP contribution in [0.15, 0.2) is 4.42 Å². The molecule has 1 aliphatic carbocycles. The van der Waals surface area contributed by atoms with Crippen LogP contribution in [0.2, 0.25) is 0 Å². The van der Waals surface area contributed by atoms with Gasteiger partial charge in [-0.2, -0.15) is 0 Å². The molecule has 0 aliphatic heterocycles. The summed E-state index contributed by atoms with van der Waals surface area (Å²) in [6.07, 6.45) is 5.09. The van der Waals surface area contributed by atoms with Gasteiger partial charge in [0.15, 0.2) is 0 Å². The van der Waals surface area contributed by atoms with Gasteiger partial charge in [-0.25, -0.2) is 4.98 Å². The van der Waals surface area contributed by atoms with Crippen molar-refractivity contribution < 1.29 is 4.42 Å². The molecule has 0 amide bonds. The highest BCUT2D eigenvalue weighted by Crippen LogP contribution is 2.23. The van der Waals surface area contributed by atoms with Gasteiger partial charge in [-0.15, -0.1) is 0 Å². The standard InChI is InChI=1S/C13H23N3O/c1-9-10(2)17-13(16-9)8-15-12-6-4-3-5-11(12)7-14/h11-12,15H,3-8,14H2,1-2H3. The van der Waals surface area contributed by atoms with Crippen molar-refractivity contribution in [2.24, 2.45) is 11.7 Å². The highest BCUT2D eigenvalue weighted by atomic mass is 16.4. The van der Waals surface area contributed by atoms with E-state index in [2.05, 4.69) is 10.3 Å². The van der Waals surface area contributed by atoms with E-state index in [9.17, 15) is 0 Å². The zero-order valence-electron chi connectivity index (χ0n) is 10.8. The lowest BCUT2D eigenvalue weighted by atomic mass is 9.84. The van der Waals surface area contributed by atoms with Gasteiger partial charge < -0.3 is 15.5 Å². The first kappa shape index (κ1) is 12.6. The molecule has 0 spiro atoms. The first-order chi connectivity index (χ1) is 8.20. The molecule has 0 saturated heterocycles. The van der Waals surface area contributed by atoms with E-state index in [4.69, 9.17) is 10.2 Å². The molecule has 1 aliphatic rings. The predicted octanol–water partition coefficient (Wildman–Crippen LogP) is 1.90. The highest BCUT2D eigenvalue weighted by Gasteiger charge is 2.23. The largest absolute Gasteiger partial charge is 0.444 e. The van der Waals surface area contributed by atoms with E-state index in [1.54, 1.807) is 0 Å².